The van der Waals surface area contributed by atoms with Crippen LogP contribution in [0, 0.1) is 5.92 Å². The van der Waals surface area contributed by atoms with E-state index in [0.29, 0.717) is 13.0 Å². The monoisotopic (exact) mass is 431 g/mol. The van der Waals surface area contributed by atoms with Gasteiger partial charge in [0.2, 0.25) is 0 Å². The Kier molecular flexibility index (Phi) is 6.76. The lowest BCUT2D eigenvalue weighted by Crippen LogP contribution is -2.41. The number of carbonyl (C=O) groups is 1. The first kappa shape index (κ1) is 21.9. The molecule has 0 bridgehead atoms. The third-order valence-electron chi connectivity index (χ3n) is 6.24. The number of methoxy groups -OCH3 is 2. The molecule has 3 aromatic rings. The zero-order valence-corrected chi connectivity index (χ0v) is 18.5. The second kappa shape index (κ2) is 9.88. The molecule has 2 atom stereocenters. The molecule has 166 valence electrons. The molecular weight excluding hydrogens is 402 g/mol. The van der Waals surface area contributed by atoms with Gasteiger partial charge >= 0.3 is 5.97 Å². The number of nitrogens with zero attached hydrogens (tertiary/aromatic N) is 1. The van der Waals surface area contributed by atoms with Gasteiger partial charge < -0.3 is 14.6 Å². The van der Waals surface area contributed by atoms with Gasteiger partial charge in [-0.05, 0) is 48.2 Å². The van der Waals surface area contributed by atoms with Crippen LogP contribution in [0.15, 0.2) is 72.8 Å². The standard InChI is InChI=1S/C27H29NO4/c1-31-23-14-15-24(25(17-23)32-2)26(28-16-6-9-22(18-28)27(29)30)21-12-10-20(11-13-21)19-7-4-3-5-8-19/h3-5,7-8,10-15,17,22,26H,6,9,16,18H2,1-2H3,(H,29,30). The normalized spacial score (nSPS) is 17.5. The predicted octanol–water partition coefficient (Wildman–Crippen LogP) is 5.26. The second-order valence-electron chi connectivity index (χ2n) is 8.17. The Morgan fingerprint density at radius 3 is 2.34 bits per heavy atom. The number of carboxylic acid groups (broad SMARTS) is 1. The molecule has 1 heterocycles. The van der Waals surface area contributed by atoms with Gasteiger partial charge in [0, 0.05) is 18.2 Å². The van der Waals surface area contributed by atoms with Crippen molar-refractivity contribution in [3.05, 3.63) is 83.9 Å². The average molecular weight is 432 g/mol. The van der Waals surface area contributed by atoms with Gasteiger partial charge in [0.15, 0.2) is 0 Å². The van der Waals surface area contributed by atoms with Crippen LogP contribution in [-0.4, -0.2) is 43.3 Å². The smallest absolute Gasteiger partial charge is 0.307 e. The van der Waals surface area contributed by atoms with E-state index in [1.807, 2.05) is 36.4 Å². The molecule has 5 nitrogen and oxygen atoms in total. The van der Waals surface area contributed by atoms with E-state index in [4.69, 9.17) is 9.47 Å². The van der Waals surface area contributed by atoms with Crippen molar-refractivity contribution in [1.82, 2.24) is 4.90 Å². The molecule has 1 saturated heterocycles. The first-order valence-electron chi connectivity index (χ1n) is 10.9. The number of rotatable bonds is 7. The number of carboxylic acids is 1. The number of piperidine rings is 1. The maximum atomic E-state index is 11.7. The van der Waals surface area contributed by atoms with Crippen molar-refractivity contribution < 1.29 is 19.4 Å². The first-order valence-corrected chi connectivity index (χ1v) is 10.9. The van der Waals surface area contributed by atoms with Gasteiger partial charge in [0.05, 0.1) is 26.2 Å². The lowest BCUT2D eigenvalue weighted by molar-refractivity contribution is -0.143. The number of likely N-dealkylation sites (tertiary alicyclic amines) is 1. The fraction of sp³-hybridized carbons (Fsp3) is 0.296. The highest BCUT2D eigenvalue weighted by atomic mass is 16.5. The van der Waals surface area contributed by atoms with E-state index in [2.05, 4.69) is 41.3 Å². The molecular formula is C27H29NO4. The highest BCUT2D eigenvalue weighted by Crippen LogP contribution is 2.39. The summed E-state index contributed by atoms with van der Waals surface area (Å²) in [5, 5.41) is 9.64. The Labute approximate surface area is 189 Å². The first-order chi connectivity index (χ1) is 15.6. The quantitative estimate of drug-likeness (QED) is 0.553. The summed E-state index contributed by atoms with van der Waals surface area (Å²) in [6, 6.07) is 24.6. The Morgan fingerprint density at radius 1 is 0.969 bits per heavy atom. The Bertz CT molecular complexity index is 1050. The van der Waals surface area contributed by atoms with Gasteiger partial charge in [0.1, 0.15) is 11.5 Å². The zero-order valence-electron chi connectivity index (χ0n) is 18.5. The minimum Gasteiger partial charge on any atom is -0.497 e. The van der Waals surface area contributed by atoms with E-state index in [1.165, 1.54) is 5.56 Å². The largest absolute Gasteiger partial charge is 0.497 e. The van der Waals surface area contributed by atoms with E-state index in [-0.39, 0.29) is 12.0 Å². The molecule has 0 radical (unpaired) electrons. The molecule has 1 aliphatic rings. The summed E-state index contributed by atoms with van der Waals surface area (Å²) < 4.78 is 11.1. The molecule has 1 fully saturated rings. The zero-order chi connectivity index (χ0) is 22.5. The minimum absolute atomic E-state index is 0.108. The molecule has 0 amide bonds. The van der Waals surface area contributed by atoms with Gasteiger partial charge in [-0.3, -0.25) is 9.69 Å². The molecule has 3 aromatic carbocycles. The van der Waals surface area contributed by atoms with Gasteiger partial charge in [-0.1, -0.05) is 54.6 Å². The number of hydrogen-bond acceptors (Lipinski definition) is 4. The fourth-order valence-corrected chi connectivity index (χ4v) is 4.56. The Morgan fingerprint density at radius 2 is 1.69 bits per heavy atom. The third-order valence-corrected chi connectivity index (χ3v) is 6.24. The summed E-state index contributed by atoms with van der Waals surface area (Å²) in [7, 11) is 3.29. The molecule has 0 aliphatic carbocycles. The van der Waals surface area contributed by atoms with Crippen molar-refractivity contribution in [2.75, 3.05) is 27.3 Å². The topological polar surface area (TPSA) is 59.0 Å². The van der Waals surface area contributed by atoms with Crippen molar-refractivity contribution >= 4 is 5.97 Å². The van der Waals surface area contributed by atoms with Crippen LogP contribution in [0.2, 0.25) is 0 Å². The van der Waals surface area contributed by atoms with Crippen LogP contribution in [0.3, 0.4) is 0 Å². The molecule has 1 N–H and O–H groups in total. The molecule has 5 heteroatoms. The van der Waals surface area contributed by atoms with Gasteiger partial charge in [-0.15, -0.1) is 0 Å². The van der Waals surface area contributed by atoms with Crippen molar-refractivity contribution in [3.8, 4) is 22.6 Å². The van der Waals surface area contributed by atoms with E-state index >= 15 is 0 Å². The Hall–Kier alpha value is -3.31. The average Bonchev–Trinajstić information content (AvgIpc) is 2.85. The van der Waals surface area contributed by atoms with Crippen molar-refractivity contribution in [1.29, 1.82) is 0 Å². The van der Waals surface area contributed by atoms with Crippen LogP contribution in [-0.2, 0) is 4.79 Å². The van der Waals surface area contributed by atoms with E-state index in [1.54, 1.807) is 14.2 Å². The summed E-state index contributed by atoms with van der Waals surface area (Å²) in [6.07, 6.45) is 1.57. The van der Waals surface area contributed by atoms with E-state index < -0.39 is 5.97 Å². The highest BCUT2D eigenvalue weighted by molar-refractivity contribution is 5.70. The third kappa shape index (κ3) is 4.63. The summed E-state index contributed by atoms with van der Waals surface area (Å²) in [5.74, 6) is 0.374. The lowest BCUT2D eigenvalue weighted by Gasteiger charge is -2.38. The second-order valence-corrected chi connectivity index (χ2v) is 8.17. The summed E-state index contributed by atoms with van der Waals surface area (Å²) in [6.45, 7) is 1.35. The molecule has 4 rings (SSSR count). The predicted molar refractivity (Wildman–Crippen MR) is 125 cm³/mol. The van der Waals surface area contributed by atoms with Crippen LogP contribution in [0.25, 0.3) is 11.1 Å². The summed E-state index contributed by atoms with van der Waals surface area (Å²) in [4.78, 5) is 14.0. The molecule has 1 aliphatic heterocycles. The molecule has 2 unspecified atom stereocenters. The number of ether oxygens (including phenoxy) is 2. The van der Waals surface area contributed by atoms with Gasteiger partial charge in [-0.2, -0.15) is 0 Å². The fourth-order valence-electron chi connectivity index (χ4n) is 4.56. The maximum Gasteiger partial charge on any atom is 0.307 e. The lowest BCUT2D eigenvalue weighted by atomic mass is 9.90. The summed E-state index contributed by atoms with van der Waals surface area (Å²) >= 11 is 0. The van der Waals surface area contributed by atoms with Crippen LogP contribution in [0.4, 0.5) is 0 Å². The van der Waals surface area contributed by atoms with E-state index in [0.717, 1.165) is 41.2 Å². The van der Waals surface area contributed by atoms with Crippen LogP contribution in [0.5, 0.6) is 11.5 Å². The maximum absolute atomic E-state index is 11.7. The number of aliphatic carboxylic acids is 1. The number of benzene rings is 3. The summed E-state index contributed by atoms with van der Waals surface area (Å²) in [5.41, 5.74) is 4.43. The molecule has 0 aromatic heterocycles. The van der Waals surface area contributed by atoms with E-state index in [9.17, 15) is 9.90 Å². The molecule has 0 saturated carbocycles. The Balaban J connectivity index is 1.75. The van der Waals surface area contributed by atoms with Crippen molar-refractivity contribution in [2.45, 2.75) is 18.9 Å². The van der Waals surface area contributed by atoms with Crippen LogP contribution < -0.4 is 9.47 Å². The molecule has 32 heavy (non-hydrogen) atoms. The van der Waals surface area contributed by atoms with Gasteiger partial charge in [0.25, 0.3) is 0 Å². The SMILES string of the molecule is COc1ccc(C(c2ccc(-c3ccccc3)cc2)N2CCCC(C(=O)O)C2)c(OC)c1. The molecule has 0 spiro atoms. The number of hydrogen-bond donors (Lipinski definition) is 1. The highest BCUT2D eigenvalue weighted by Gasteiger charge is 2.32. The van der Waals surface area contributed by atoms with Crippen molar-refractivity contribution in [2.24, 2.45) is 5.92 Å². The van der Waals surface area contributed by atoms with Gasteiger partial charge in [-0.25, -0.2) is 0 Å². The van der Waals surface area contributed by atoms with Crippen molar-refractivity contribution in [3.63, 3.8) is 0 Å². The van der Waals surface area contributed by atoms with Crippen LogP contribution in [0.1, 0.15) is 30.0 Å². The minimum atomic E-state index is -0.727. The van der Waals surface area contributed by atoms with Crippen LogP contribution >= 0.6 is 0 Å².